The molecule has 2 aromatic carbocycles. The summed E-state index contributed by atoms with van der Waals surface area (Å²) in [6.45, 7) is 13.5. The molecule has 8 heteroatoms. The number of nitrogens with one attached hydrogen (secondary N) is 2. The van der Waals surface area contributed by atoms with Crippen molar-refractivity contribution in [3.8, 4) is 11.3 Å². The molecule has 0 saturated carbocycles. The van der Waals surface area contributed by atoms with Gasteiger partial charge in [-0.3, -0.25) is 14.1 Å². The minimum atomic E-state index is -0.0101. The molecule has 0 aliphatic carbocycles. The predicted molar refractivity (Wildman–Crippen MR) is 149 cm³/mol. The largest absolute Gasteiger partial charge is 0.352 e. The summed E-state index contributed by atoms with van der Waals surface area (Å²) in [5.41, 5.74) is 5.24. The average Bonchev–Trinajstić information content (AvgIpc) is 3.47. The van der Waals surface area contributed by atoms with E-state index in [4.69, 9.17) is 4.98 Å². The van der Waals surface area contributed by atoms with Gasteiger partial charge in [0.05, 0.1) is 15.9 Å². The first kappa shape index (κ1) is 24.9. The highest BCUT2D eigenvalue weighted by Gasteiger charge is 2.14. The molecule has 4 aromatic rings. The summed E-state index contributed by atoms with van der Waals surface area (Å²) < 4.78 is 3.21. The Balaban J connectivity index is 1.24. The molecule has 36 heavy (non-hydrogen) atoms. The van der Waals surface area contributed by atoms with Crippen LogP contribution in [0, 0.1) is 0 Å². The van der Waals surface area contributed by atoms with E-state index in [1.807, 2.05) is 18.2 Å². The molecule has 1 aliphatic rings. The summed E-state index contributed by atoms with van der Waals surface area (Å²) in [5.74, 6) is -0.0101. The summed E-state index contributed by atoms with van der Waals surface area (Å²) in [6, 6.07) is 14.7. The standard InChI is InChI=1S/C28H36N6OS/c1-3-32(4-2)15-5-12-30-27(35)23-10-11-25-26(18-23)36-28-31-24(20-34(25)28)22-8-6-21(7-9-22)19-33-16-13-29-14-17-33/h6-11,18,20,29H,3-5,12-17,19H2,1-2H3,(H,30,35). The number of imidazole rings is 1. The van der Waals surface area contributed by atoms with E-state index >= 15 is 0 Å². The second-order valence-corrected chi connectivity index (χ2v) is 10.4. The Morgan fingerprint density at radius 2 is 1.89 bits per heavy atom. The number of aromatic nitrogens is 2. The van der Waals surface area contributed by atoms with Gasteiger partial charge in [0, 0.05) is 56.6 Å². The Morgan fingerprint density at radius 1 is 1.11 bits per heavy atom. The molecule has 0 bridgehead atoms. The zero-order valence-corrected chi connectivity index (χ0v) is 22.1. The van der Waals surface area contributed by atoms with Crippen LogP contribution in [0.3, 0.4) is 0 Å². The maximum atomic E-state index is 12.7. The number of piperazine rings is 1. The quantitative estimate of drug-likeness (QED) is 0.319. The van der Waals surface area contributed by atoms with Crippen LogP contribution in [0.1, 0.15) is 36.2 Å². The maximum absolute atomic E-state index is 12.7. The lowest BCUT2D eigenvalue weighted by atomic mass is 10.1. The smallest absolute Gasteiger partial charge is 0.251 e. The molecule has 0 atom stereocenters. The summed E-state index contributed by atoms with van der Waals surface area (Å²) in [6.07, 6.45) is 3.06. The third-order valence-electron chi connectivity index (χ3n) is 7.05. The third kappa shape index (κ3) is 5.62. The average molecular weight is 505 g/mol. The van der Waals surface area contributed by atoms with Gasteiger partial charge in [-0.05, 0) is 49.8 Å². The molecule has 7 nitrogen and oxygen atoms in total. The van der Waals surface area contributed by atoms with Crippen molar-refractivity contribution in [2.75, 3.05) is 52.4 Å². The number of hydrogen-bond acceptors (Lipinski definition) is 6. The normalized spacial score (nSPS) is 14.8. The van der Waals surface area contributed by atoms with Crippen molar-refractivity contribution >= 4 is 32.4 Å². The van der Waals surface area contributed by atoms with Crippen LogP contribution in [-0.2, 0) is 6.54 Å². The highest BCUT2D eigenvalue weighted by Crippen LogP contribution is 2.30. The van der Waals surface area contributed by atoms with Crippen molar-refractivity contribution in [2.45, 2.75) is 26.8 Å². The minimum Gasteiger partial charge on any atom is -0.352 e. The molecule has 3 heterocycles. The fraction of sp³-hybridized carbons (Fsp3) is 0.429. The molecule has 2 N–H and O–H groups in total. The lowest BCUT2D eigenvalue weighted by Crippen LogP contribution is -2.42. The van der Waals surface area contributed by atoms with Gasteiger partial charge in [-0.1, -0.05) is 49.4 Å². The zero-order valence-electron chi connectivity index (χ0n) is 21.3. The molecular weight excluding hydrogens is 468 g/mol. The van der Waals surface area contributed by atoms with Crippen LogP contribution in [0.4, 0.5) is 0 Å². The van der Waals surface area contributed by atoms with Gasteiger partial charge in [-0.25, -0.2) is 4.98 Å². The summed E-state index contributed by atoms with van der Waals surface area (Å²) in [4.78, 5) is 23.4. The molecule has 1 amide bonds. The van der Waals surface area contributed by atoms with E-state index in [1.54, 1.807) is 11.3 Å². The van der Waals surface area contributed by atoms with Crippen LogP contribution >= 0.6 is 11.3 Å². The number of benzene rings is 2. The predicted octanol–water partition coefficient (Wildman–Crippen LogP) is 4.08. The second-order valence-electron chi connectivity index (χ2n) is 9.42. The summed E-state index contributed by atoms with van der Waals surface area (Å²) in [7, 11) is 0. The first-order valence-electron chi connectivity index (χ1n) is 13.1. The third-order valence-corrected chi connectivity index (χ3v) is 8.07. The van der Waals surface area contributed by atoms with Crippen LogP contribution in [0.5, 0.6) is 0 Å². The van der Waals surface area contributed by atoms with Crippen molar-refractivity contribution in [3.63, 3.8) is 0 Å². The number of rotatable bonds is 10. The van der Waals surface area contributed by atoms with Crippen LogP contribution in [-0.4, -0.2) is 77.4 Å². The highest BCUT2D eigenvalue weighted by molar-refractivity contribution is 7.23. The maximum Gasteiger partial charge on any atom is 0.251 e. The van der Waals surface area contributed by atoms with E-state index in [0.717, 1.165) is 85.2 Å². The lowest BCUT2D eigenvalue weighted by molar-refractivity contribution is 0.0952. The van der Waals surface area contributed by atoms with Crippen molar-refractivity contribution in [3.05, 3.63) is 59.8 Å². The van der Waals surface area contributed by atoms with E-state index < -0.39 is 0 Å². The van der Waals surface area contributed by atoms with Crippen LogP contribution < -0.4 is 10.6 Å². The van der Waals surface area contributed by atoms with Crippen molar-refractivity contribution < 1.29 is 4.79 Å². The second kappa shape index (κ2) is 11.5. The Bertz CT molecular complexity index is 1300. The molecule has 5 rings (SSSR count). The topological polar surface area (TPSA) is 64.9 Å². The highest BCUT2D eigenvalue weighted by atomic mass is 32.1. The van der Waals surface area contributed by atoms with Gasteiger partial charge in [0.15, 0.2) is 4.96 Å². The van der Waals surface area contributed by atoms with Gasteiger partial charge in [-0.2, -0.15) is 0 Å². The molecule has 0 radical (unpaired) electrons. The van der Waals surface area contributed by atoms with Gasteiger partial charge in [0.25, 0.3) is 5.91 Å². The van der Waals surface area contributed by atoms with E-state index in [1.165, 1.54) is 5.56 Å². The van der Waals surface area contributed by atoms with Gasteiger partial charge in [0.1, 0.15) is 0 Å². The van der Waals surface area contributed by atoms with E-state index in [-0.39, 0.29) is 5.91 Å². The van der Waals surface area contributed by atoms with Gasteiger partial charge < -0.3 is 15.5 Å². The molecular formula is C28H36N6OS. The number of thiazole rings is 1. The Labute approximate surface area is 217 Å². The SMILES string of the molecule is CCN(CC)CCCNC(=O)c1ccc2c(c1)sc1nc(-c3ccc(CN4CCNCC4)cc3)cn12. The van der Waals surface area contributed by atoms with E-state index in [2.05, 4.69) is 69.1 Å². The Morgan fingerprint density at radius 3 is 2.64 bits per heavy atom. The summed E-state index contributed by atoms with van der Waals surface area (Å²) >= 11 is 1.63. The molecule has 190 valence electrons. The number of nitrogens with zero attached hydrogens (tertiary/aromatic N) is 4. The molecule has 1 saturated heterocycles. The van der Waals surface area contributed by atoms with Crippen molar-refractivity contribution in [1.29, 1.82) is 0 Å². The fourth-order valence-electron chi connectivity index (χ4n) is 4.84. The number of amides is 1. The molecule has 1 aliphatic heterocycles. The van der Waals surface area contributed by atoms with Crippen LogP contribution in [0.15, 0.2) is 48.7 Å². The summed E-state index contributed by atoms with van der Waals surface area (Å²) in [5, 5.41) is 6.47. The Hall–Kier alpha value is -2.78. The zero-order chi connectivity index (χ0) is 24.9. The number of carbonyl (C=O) groups is 1. The van der Waals surface area contributed by atoms with Crippen LogP contribution in [0.2, 0.25) is 0 Å². The molecule has 2 aromatic heterocycles. The fourth-order valence-corrected chi connectivity index (χ4v) is 5.88. The molecule has 1 fully saturated rings. The van der Waals surface area contributed by atoms with Crippen LogP contribution in [0.25, 0.3) is 26.4 Å². The van der Waals surface area contributed by atoms with Gasteiger partial charge >= 0.3 is 0 Å². The number of carbonyl (C=O) groups excluding carboxylic acids is 1. The molecule has 0 unspecified atom stereocenters. The van der Waals surface area contributed by atoms with E-state index in [0.29, 0.717) is 12.1 Å². The Kier molecular flexibility index (Phi) is 7.96. The number of fused-ring (bicyclic) bond motifs is 3. The first-order chi connectivity index (χ1) is 17.6. The first-order valence-corrected chi connectivity index (χ1v) is 13.9. The van der Waals surface area contributed by atoms with Gasteiger partial charge in [-0.15, -0.1) is 0 Å². The minimum absolute atomic E-state index is 0.0101. The van der Waals surface area contributed by atoms with Crippen molar-refractivity contribution in [1.82, 2.24) is 29.8 Å². The molecule has 0 spiro atoms. The lowest BCUT2D eigenvalue weighted by Gasteiger charge is -2.27. The number of hydrogen-bond donors (Lipinski definition) is 2. The monoisotopic (exact) mass is 504 g/mol. The van der Waals surface area contributed by atoms with Gasteiger partial charge in [0.2, 0.25) is 0 Å². The van der Waals surface area contributed by atoms with E-state index in [9.17, 15) is 4.79 Å². The van der Waals surface area contributed by atoms with Crippen molar-refractivity contribution in [2.24, 2.45) is 0 Å².